The molecule has 1 heterocycles. The van der Waals surface area contributed by atoms with E-state index >= 15 is 0 Å². The lowest BCUT2D eigenvalue weighted by atomic mass is 10.1. The van der Waals surface area contributed by atoms with E-state index in [1.54, 1.807) is 19.1 Å². The van der Waals surface area contributed by atoms with Crippen molar-refractivity contribution in [2.45, 2.75) is 39.2 Å². The molecule has 8 heteroatoms. The summed E-state index contributed by atoms with van der Waals surface area (Å²) in [6.45, 7) is 3.69. The molecule has 0 aliphatic carbocycles. The number of nitrogens with one attached hydrogen (secondary N) is 1. The number of amides is 1. The summed E-state index contributed by atoms with van der Waals surface area (Å²) < 4.78 is 16.1. The Morgan fingerprint density at radius 1 is 0.943 bits per heavy atom. The molecule has 1 N–H and O–H groups in total. The second-order valence-electron chi connectivity index (χ2n) is 9.07. The number of rotatable bonds is 9. The quantitative estimate of drug-likeness (QED) is 0.430. The molecule has 8 nitrogen and oxygen atoms in total. The van der Waals surface area contributed by atoms with Crippen LogP contribution < -0.4 is 10.1 Å². The first-order valence-corrected chi connectivity index (χ1v) is 12.0. The SMILES string of the molecule is COC(=O)c1cc(OC)cc(C)c1NC(=O)C[N+]1(CC(=O)OCc2ccccc2)CCCCCC1. The number of nitrogens with zero attached hydrogens (tertiary/aromatic N) is 1. The molecule has 0 spiro atoms. The van der Waals surface area contributed by atoms with E-state index in [2.05, 4.69) is 5.32 Å². The summed E-state index contributed by atoms with van der Waals surface area (Å²) in [4.78, 5) is 38.4. The molecule has 2 aromatic rings. The molecule has 3 rings (SSSR count). The summed E-state index contributed by atoms with van der Waals surface area (Å²) in [5.74, 6) is -0.649. The smallest absolute Gasteiger partial charge is 0.362 e. The van der Waals surface area contributed by atoms with E-state index < -0.39 is 5.97 Å². The van der Waals surface area contributed by atoms with Crippen molar-refractivity contribution in [3.8, 4) is 5.75 Å². The second-order valence-corrected chi connectivity index (χ2v) is 9.07. The fourth-order valence-corrected chi connectivity index (χ4v) is 4.58. The topological polar surface area (TPSA) is 90.9 Å². The number of ether oxygens (including phenoxy) is 3. The van der Waals surface area contributed by atoms with Gasteiger partial charge in [-0.25, -0.2) is 9.59 Å². The molecule has 1 fully saturated rings. The monoisotopic (exact) mass is 483 g/mol. The van der Waals surface area contributed by atoms with Gasteiger partial charge in [0.15, 0.2) is 13.1 Å². The molecule has 188 valence electrons. The number of esters is 2. The van der Waals surface area contributed by atoms with Gasteiger partial charge in [-0.1, -0.05) is 30.3 Å². The number of carbonyl (C=O) groups excluding carboxylic acids is 3. The third kappa shape index (κ3) is 7.29. The number of methoxy groups -OCH3 is 2. The van der Waals surface area contributed by atoms with E-state index in [1.165, 1.54) is 14.2 Å². The Hall–Kier alpha value is -3.39. The molecule has 0 unspecified atom stereocenters. The Labute approximate surface area is 206 Å². The number of quaternary nitrogens is 1. The van der Waals surface area contributed by atoms with Gasteiger partial charge in [-0.3, -0.25) is 4.79 Å². The number of hydrogen-bond acceptors (Lipinski definition) is 6. The summed E-state index contributed by atoms with van der Waals surface area (Å²) in [5.41, 5.74) is 2.22. The summed E-state index contributed by atoms with van der Waals surface area (Å²) in [6, 6.07) is 12.8. The highest BCUT2D eigenvalue weighted by Gasteiger charge is 2.35. The Balaban J connectivity index is 1.75. The van der Waals surface area contributed by atoms with E-state index in [1.807, 2.05) is 30.3 Å². The number of hydrogen-bond donors (Lipinski definition) is 1. The maximum Gasteiger partial charge on any atom is 0.362 e. The predicted octanol–water partition coefficient (Wildman–Crippen LogP) is 3.86. The average Bonchev–Trinajstić information content (AvgIpc) is 3.09. The van der Waals surface area contributed by atoms with Gasteiger partial charge in [0.25, 0.3) is 5.91 Å². The van der Waals surface area contributed by atoms with Gasteiger partial charge in [0.05, 0.1) is 38.6 Å². The highest BCUT2D eigenvalue weighted by Crippen LogP contribution is 2.28. The summed E-state index contributed by atoms with van der Waals surface area (Å²) in [5, 5.41) is 2.91. The van der Waals surface area contributed by atoms with Crippen LogP contribution in [0.4, 0.5) is 5.69 Å². The number of carbonyl (C=O) groups is 3. The standard InChI is InChI=1S/C27H34N2O6/c1-20-15-22(33-2)16-23(27(32)34-3)26(20)28-24(30)17-29(13-9-4-5-10-14-29)18-25(31)35-19-21-11-7-6-8-12-21/h6-8,11-12,15-16H,4-5,9-10,13-14,17-19H2,1-3H3/p+1. The normalized spacial score (nSPS) is 14.9. The Morgan fingerprint density at radius 2 is 1.63 bits per heavy atom. The van der Waals surface area contributed by atoms with Gasteiger partial charge >= 0.3 is 11.9 Å². The fourth-order valence-electron chi connectivity index (χ4n) is 4.58. The third-order valence-corrected chi connectivity index (χ3v) is 6.42. The molecule has 35 heavy (non-hydrogen) atoms. The van der Waals surface area contributed by atoms with E-state index in [4.69, 9.17) is 14.2 Å². The van der Waals surface area contributed by atoms with Gasteiger partial charge in [0.1, 0.15) is 12.4 Å². The number of anilines is 1. The Kier molecular flexibility index (Phi) is 9.25. The van der Waals surface area contributed by atoms with Gasteiger partial charge in [-0.15, -0.1) is 0 Å². The first-order chi connectivity index (χ1) is 16.9. The molecule has 1 aliphatic rings. The highest BCUT2D eigenvalue weighted by atomic mass is 16.5. The van der Waals surface area contributed by atoms with E-state index in [0.717, 1.165) is 44.3 Å². The van der Waals surface area contributed by atoms with Gasteiger partial charge in [-0.2, -0.15) is 0 Å². The van der Waals surface area contributed by atoms with Gasteiger partial charge < -0.3 is 24.0 Å². The lowest BCUT2D eigenvalue weighted by Crippen LogP contribution is -2.55. The average molecular weight is 484 g/mol. The number of aryl methyl sites for hydroxylation is 1. The van der Waals surface area contributed by atoms with Crippen molar-refractivity contribution in [3.63, 3.8) is 0 Å². The summed E-state index contributed by atoms with van der Waals surface area (Å²) in [7, 11) is 2.81. The third-order valence-electron chi connectivity index (χ3n) is 6.42. The van der Waals surface area contributed by atoms with E-state index in [0.29, 0.717) is 21.5 Å². The van der Waals surface area contributed by atoms with Crippen LogP contribution in [0.1, 0.15) is 47.2 Å². The maximum atomic E-state index is 13.3. The van der Waals surface area contributed by atoms with Crippen molar-refractivity contribution < 1.29 is 33.1 Å². The molecular weight excluding hydrogens is 448 g/mol. The van der Waals surface area contributed by atoms with Crippen LogP contribution >= 0.6 is 0 Å². The van der Waals surface area contributed by atoms with Gasteiger partial charge in [0, 0.05) is 0 Å². The van der Waals surface area contributed by atoms with Crippen LogP contribution in [0.2, 0.25) is 0 Å². The van der Waals surface area contributed by atoms with Crippen molar-refractivity contribution in [1.82, 2.24) is 0 Å². The van der Waals surface area contributed by atoms with Crippen molar-refractivity contribution in [2.75, 3.05) is 45.7 Å². The van der Waals surface area contributed by atoms with Crippen LogP contribution in [0.25, 0.3) is 0 Å². The fraction of sp³-hybridized carbons (Fsp3) is 0.444. The zero-order valence-corrected chi connectivity index (χ0v) is 20.8. The summed E-state index contributed by atoms with van der Waals surface area (Å²) in [6.07, 6.45) is 4.03. The molecular formula is C27H35N2O6+. The molecule has 0 bridgehead atoms. The van der Waals surface area contributed by atoms with E-state index in [9.17, 15) is 14.4 Å². The Bertz CT molecular complexity index is 1030. The van der Waals surface area contributed by atoms with Crippen molar-refractivity contribution >= 4 is 23.5 Å². The van der Waals surface area contributed by atoms with E-state index in [-0.39, 0.29) is 37.1 Å². The van der Waals surface area contributed by atoms with Crippen molar-refractivity contribution in [3.05, 3.63) is 59.2 Å². The highest BCUT2D eigenvalue weighted by molar-refractivity contribution is 6.03. The second kappa shape index (κ2) is 12.4. The zero-order chi connectivity index (χ0) is 25.3. The molecule has 0 aromatic heterocycles. The molecule has 2 aromatic carbocycles. The Morgan fingerprint density at radius 3 is 2.26 bits per heavy atom. The lowest BCUT2D eigenvalue weighted by Gasteiger charge is -2.36. The van der Waals surface area contributed by atoms with Crippen molar-refractivity contribution in [1.29, 1.82) is 0 Å². The van der Waals surface area contributed by atoms with Crippen LogP contribution in [-0.4, -0.2) is 62.7 Å². The minimum Gasteiger partial charge on any atom is -0.497 e. The van der Waals surface area contributed by atoms with Crippen molar-refractivity contribution in [2.24, 2.45) is 0 Å². The lowest BCUT2D eigenvalue weighted by molar-refractivity contribution is -0.913. The van der Waals surface area contributed by atoms with Crippen LogP contribution in [0.5, 0.6) is 5.75 Å². The number of likely N-dealkylation sites (tertiary alicyclic amines) is 1. The molecule has 0 radical (unpaired) electrons. The minimum atomic E-state index is -0.564. The summed E-state index contributed by atoms with van der Waals surface area (Å²) >= 11 is 0. The van der Waals surface area contributed by atoms with Crippen LogP contribution in [-0.2, 0) is 25.7 Å². The number of benzene rings is 2. The molecule has 1 saturated heterocycles. The molecule has 1 aliphatic heterocycles. The first kappa shape index (κ1) is 26.2. The van der Waals surface area contributed by atoms with Crippen LogP contribution in [0.3, 0.4) is 0 Å². The zero-order valence-electron chi connectivity index (χ0n) is 20.8. The predicted molar refractivity (Wildman–Crippen MR) is 132 cm³/mol. The van der Waals surface area contributed by atoms with Crippen LogP contribution in [0.15, 0.2) is 42.5 Å². The largest absolute Gasteiger partial charge is 0.497 e. The maximum absolute atomic E-state index is 13.3. The molecule has 1 amide bonds. The van der Waals surface area contributed by atoms with Gasteiger partial charge in [0.2, 0.25) is 0 Å². The minimum absolute atomic E-state index is 0.118. The first-order valence-electron chi connectivity index (χ1n) is 12.0. The van der Waals surface area contributed by atoms with Gasteiger partial charge in [-0.05, 0) is 55.9 Å². The molecule has 0 atom stereocenters. The van der Waals surface area contributed by atoms with Crippen LogP contribution in [0, 0.1) is 6.92 Å². The molecule has 0 saturated carbocycles.